The van der Waals surface area contributed by atoms with Crippen molar-refractivity contribution in [2.24, 2.45) is 0 Å². The molecule has 3 rings (SSSR count). The van der Waals surface area contributed by atoms with Gasteiger partial charge in [-0.05, 0) is 54.1 Å². The number of carbonyl (C=O) groups excluding carboxylic acids is 1. The van der Waals surface area contributed by atoms with Gasteiger partial charge >= 0.3 is 0 Å². The average molecular weight is 441 g/mol. The SMILES string of the molecule is CCN1C/C(=C/c2ccc(Cl)cc2Cl)C(=O)/C(=C/c2ccc(Cl)cc2Cl)C1. The minimum absolute atomic E-state index is 0.00302. The summed E-state index contributed by atoms with van der Waals surface area (Å²) in [6.45, 7) is 4.03. The van der Waals surface area contributed by atoms with Gasteiger partial charge in [-0.3, -0.25) is 9.69 Å². The quantitative estimate of drug-likeness (QED) is 0.496. The number of nitrogens with zero attached hydrogens (tertiary/aromatic N) is 1. The van der Waals surface area contributed by atoms with Crippen molar-refractivity contribution in [1.29, 1.82) is 0 Å². The number of piperidine rings is 1. The van der Waals surface area contributed by atoms with Gasteiger partial charge in [-0.2, -0.15) is 0 Å². The molecule has 1 aliphatic rings. The Morgan fingerprint density at radius 2 is 1.30 bits per heavy atom. The molecule has 0 atom stereocenters. The summed E-state index contributed by atoms with van der Waals surface area (Å²) in [5.74, 6) is -0.00302. The smallest absolute Gasteiger partial charge is 0.187 e. The minimum atomic E-state index is -0.00302. The van der Waals surface area contributed by atoms with E-state index in [-0.39, 0.29) is 5.78 Å². The van der Waals surface area contributed by atoms with Crippen LogP contribution in [0.1, 0.15) is 18.1 Å². The van der Waals surface area contributed by atoms with Crippen molar-refractivity contribution in [2.75, 3.05) is 19.6 Å². The van der Waals surface area contributed by atoms with E-state index in [2.05, 4.69) is 11.8 Å². The Morgan fingerprint density at radius 1 is 0.852 bits per heavy atom. The molecular formula is C21H17Cl4NO. The molecule has 2 nitrogen and oxygen atoms in total. The average Bonchev–Trinajstić information content (AvgIpc) is 2.62. The van der Waals surface area contributed by atoms with Gasteiger partial charge in [-0.1, -0.05) is 65.5 Å². The first-order valence-electron chi connectivity index (χ1n) is 8.45. The second-order valence-electron chi connectivity index (χ2n) is 6.30. The van der Waals surface area contributed by atoms with Gasteiger partial charge in [0.25, 0.3) is 0 Å². The fourth-order valence-electron chi connectivity index (χ4n) is 2.95. The second kappa shape index (κ2) is 8.81. The van der Waals surface area contributed by atoms with E-state index in [1.807, 2.05) is 24.3 Å². The van der Waals surface area contributed by atoms with Crippen molar-refractivity contribution >= 4 is 64.3 Å². The molecule has 1 fully saturated rings. The predicted octanol–water partition coefficient (Wildman–Crippen LogP) is 6.67. The normalized spacial score (nSPS) is 18.5. The van der Waals surface area contributed by atoms with Gasteiger partial charge in [0.1, 0.15) is 0 Å². The number of likely N-dealkylation sites (tertiary alicyclic amines) is 1. The first kappa shape index (κ1) is 20.4. The van der Waals surface area contributed by atoms with Crippen LogP contribution in [0.5, 0.6) is 0 Å². The maximum Gasteiger partial charge on any atom is 0.187 e. The number of Topliss-reactive ketones (excluding diaryl/α,β-unsaturated/α-hetero) is 1. The van der Waals surface area contributed by atoms with Crippen LogP contribution >= 0.6 is 46.4 Å². The van der Waals surface area contributed by atoms with Crippen molar-refractivity contribution in [3.8, 4) is 0 Å². The molecule has 140 valence electrons. The molecule has 0 unspecified atom stereocenters. The summed E-state index contributed by atoms with van der Waals surface area (Å²) in [5.41, 5.74) is 2.91. The molecule has 0 aromatic heterocycles. The first-order valence-corrected chi connectivity index (χ1v) is 9.97. The van der Waals surface area contributed by atoms with E-state index in [1.165, 1.54) is 0 Å². The zero-order valence-electron chi connectivity index (χ0n) is 14.6. The first-order chi connectivity index (χ1) is 12.9. The van der Waals surface area contributed by atoms with Crippen molar-refractivity contribution < 1.29 is 4.79 Å². The van der Waals surface area contributed by atoms with Crippen LogP contribution in [0.25, 0.3) is 12.2 Å². The van der Waals surface area contributed by atoms with Gasteiger partial charge in [0.05, 0.1) is 0 Å². The Balaban J connectivity index is 2.00. The van der Waals surface area contributed by atoms with E-state index in [0.29, 0.717) is 44.3 Å². The molecule has 0 radical (unpaired) electrons. The number of hydrogen-bond donors (Lipinski definition) is 0. The van der Waals surface area contributed by atoms with Crippen LogP contribution in [0, 0.1) is 0 Å². The number of ketones is 1. The summed E-state index contributed by atoms with van der Waals surface area (Å²) in [5, 5.41) is 2.15. The van der Waals surface area contributed by atoms with Gasteiger partial charge in [0.2, 0.25) is 0 Å². The third-order valence-electron chi connectivity index (χ3n) is 4.40. The van der Waals surface area contributed by atoms with Crippen molar-refractivity contribution in [3.63, 3.8) is 0 Å². The Hall–Kier alpha value is -1.29. The Kier molecular flexibility index (Phi) is 6.67. The summed E-state index contributed by atoms with van der Waals surface area (Å²) < 4.78 is 0. The molecule has 0 N–H and O–H groups in total. The summed E-state index contributed by atoms with van der Waals surface area (Å²) >= 11 is 24.5. The van der Waals surface area contributed by atoms with Gasteiger partial charge in [0, 0.05) is 44.3 Å². The van der Waals surface area contributed by atoms with E-state index in [9.17, 15) is 4.79 Å². The monoisotopic (exact) mass is 439 g/mol. The standard InChI is InChI=1S/C21H17Cl4NO/c1-2-26-11-15(7-13-3-5-17(22)9-19(13)24)21(27)16(12-26)8-14-4-6-18(23)10-20(14)25/h3-10H,2,11-12H2,1H3/b15-7-,16-8+. The van der Waals surface area contributed by atoms with Gasteiger partial charge < -0.3 is 0 Å². The highest BCUT2D eigenvalue weighted by Crippen LogP contribution is 2.28. The van der Waals surface area contributed by atoms with E-state index < -0.39 is 0 Å². The van der Waals surface area contributed by atoms with E-state index in [4.69, 9.17) is 46.4 Å². The molecule has 1 aliphatic heterocycles. The Bertz CT molecular complexity index is 876. The number of hydrogen-bond acceptors (Lipinski definition) is 2. The summed E-state index contributed by atoms with van der Waals surface area (Å²) in [7, 11) is 0. The van der Waals surface area contributed by atoms with Crippen molar-refractivity contribution in [2.45, 2.75) is 6.92 Å². The Morgan fingerprint density at radius 3 is 1.67 bits per heavy atom. The zero-order chi connectivity index (χ0) is 19.6. The Labute approximate surface area is 179 Å². The maximum atomic E-state index is 13.1. The van der Waals surface area contributed by atoms with Crippen LogP contribution in [-0.2, 0) is 4.79 Å². The third-order valence-corrected chi connectivity index (χ3v) is 5.53. The number of rotatable bonds is 3. The maximum absolute atomic E-state index is 13.1. The van der Waals surface area contributed by atoms with Crippen LogP contribution < -0.4 is 0 Å². The summed E-state index contributed by atoms with van der Waals surface area (Å²) in [6, 6.07) is 10.5. The number of carbonyl (C=O) groups is 1. The van der Waals surface area contributed by atoms with Crippen LogP contribution in [0.15, 0.2) is 47.5 Å². The second-order valence-corrected chi connectivity index (χ2v) is 7.99. The number of benzene rings is 2. The zero-order valence-corrected chi connectivity index (χ0v) is 17.6. The molecule has 1 saturated heterocycles. The highest BCUT2D eigenvalue weighted by atomic mass is 35.5. The van der Waals surface area contributed by atoms with Gasteiger partial charge in [0.15, 0.2) is 5.78 Å². The molecule has 0 aliphatic carbocycles. The van der Waals surface area contributed by atoms with Crippen LogP contribution in [0.4, 0.5) is 0 Å². The molecule has 6 heteroatoms. The number of halogens is 4. The fraction of sp³-hybridized carbons (Fsp3) is 0.190. The van der Waals surface area contributed by atoms with Crippen molar-refractivity contribution in [1.82, 2.24) is 4.90 Å². The summed E-state index contributed by atoms with van der Waals surface area (Å²) in [6.07, 6.45) is 3.67. The molecule has 2 aromatic rings. The topological polar surface area (TPSA) is 20.3 Å². The predicted molar refractivity (Wildman–Crippen MR) is 116 cm³/mol. The molecule has 1 heterocycles. The van der Waals surface area contributed by atoms with Crippen LogP contribution in [0.3, 0.4) is 0 Å². The van der Waals surface area contributed by atoms with Crippen LogP contribution in [-0.4, -0.2) is 30.3 Å². The van der Waals surface area contributed by atoms with E-state index >= 15 is 0 Å². The molecule has 0 spiro atoms. The molecular weight excluding hydrogens is 424 g/mol. The van der Waals surface area contributed by atoms with Crippen molar-refractivity contribution in [3.05, 3.63) is 78.8 Å². The summed E-state index contributed by atoms with van der Waals surface area (Å²) in [4.78, 5) is 15.2. The van der Waals surface area contributed by atoms with Gasteiger partial charge in [-0.15, -0.1) is 0 Å². The highest BCUT2D eigenvalue weighted by molar-refractivity contribution is 6.36. The van der Waals surface area contributed by atoms with E-state index in [1.54, 1.807) is 24.3 Å². The lowest BCUT2D eigenvalue weighted by molar-refractivity contribution is -0.113. The minimum Gasteiger partial charge on any atom is -0.295 e. The van der Waals surface area contributed by atoms with Gasteiger partial charge in [-0.25, -0.2) is 0 Å². The molecule has 27 heavy (non-hydrogen) atoms. The fourth-order valence-corrected chi connectivity index (χ4v) is 3.87. The highest BCUT2D eigenvalue weighted by Gasteiger charge is 2.25. The third kappa shape index (κ3) is 4.96. The molecule has 0 bridgehead atoms. The van der Waals surface area contributed by atoms with Crippen LogP contribution in [0.2, 0.25) is 20.1 Å². The molecule has 2 aromatic carbocycles. The molecule has 0 saturated carbocycles. The molecule has 0 amide bonds. The lowest BCUT2D eigenvalue weighted by Gasteiger charge is -2.28. The lowest BCUT2D eigenvalue weighted by atomic mass is 9.94. The van der Waals surface area contributed by atoms with E-state index in [0.717, 1.165) is 17.7 Å². The largest absolute Gasteiger partial charge is 0.295 e. The number of likely N-dealkylation sites (N-methyl/N-ethyl adjacent to an activating group) is 1. The lowest BCUT2D eigenvalue weighted by Crippen LogP contribution is -2.37.